The number of pyridine rings is 1. The summed E-state index contributed by atoms with van der Waals surface area (Å²) in [5.74, 6) is 0.560. The fourth-order valence-corrected chi connectivity index (χ4v) is 1.52. The molecule has 5 heteroatoms. The van der Waals surface area contributed by atoms with Crippen molar-refractivity contribution < 1.29 is 5.11 Å². The van der Waals surface area contributed by atoms with E-state index in [1.54, 1.807) is 6.07 Å². The molecule has 0 aliphatic rings. The lowest BCUT2D eigenvalue weighted by atomic mass is 9.98. The standard InChI is InChI=1S/C11H18ClN3O/c1-3-11(16,4-2)7-15-10-9(13)5-8(12)6-14-10/h5-6,16H,3-4,7,13H2,1-2H3,(H,14,15). The van der Waals surface area contributed by atoms with Crippen molar-refractivity contribution in [2.45, 2.75) is 32.3 Å². The van der Waals surface area contributed by atoms with Crippen molar-refractivity contribution in [3.05, 3.63) is 17.3 Å². The summed E-state index contributed by atoms with van der Waals surface area (Å²) in [6.07, 6.45) is 2.89. The average molecular weight is 244 g/mol. The second-order valence-corrected chi connectivity index (χ2v) is 4.31. The van der Waals surface area contributed by atoms with Crippen LogP contribution in [0, 0.1) is 0 Å². The van der Waals surface area contributed by atoms with E-state index in [0.29, 0.717) is 35.9 Å². The van der Waals surface area contributed by atoms with E-state index in [1.807, 2.05) is 13.8 Å². The van der Waals surface area contributed by atoms with Gasteiger partial charge in [0, 0.05) is 12.7 Å². The van der Waals surface area contributed by atoms with Gasteiger partial charge in [-0.15, -0.1) is 0 Å². The van der Waals surface area contributed by atoms with Gasteiger partial charge in [0.05, 0.1) is 16.3 Å². The van der Waals surface area contributed by atoms with Crippen LogP contribution in [0.2, 0.25) is 5.02 Å². The van der Waals surface area contributed by atoms with Crippen LogP contribution in [0.4, 0.5) is 11.5 Å². The van der Waals surface area contributed by atoms with E-state index in [1.165, 1.54) is 6.20 Å². The third-order valence-electron chi connectivity index (χ3n) is 2.78. The summed E-state index contributed by atoms with van der Waals surface area (Å²) in [4.78, 5) is 4.07. The number of nitrogen functional groups attached to an aromatic ring is 1. The number of halogens is 1. The highest BCUT2D eigenvalue weighted by molar-refractivity contribution is 6.30. The van der Waals surface area contributed by atoms with E-state index in [4.69, 9.17) is 17.3 Å². The maximum Gasteiger partial charge on any atom is 0.149 e. The first kappa shape index (κ1) is 13.1. The molecule has 0 radical (unpaired) electrons. The third-order valence-corrected chi connectivity index (χ3v) is 2.99. The van der Waals surface area contributed by atoms with Crippen molar-refractivity contribution in [3.63, 3.8) is 0 Å². The van der Waals surface area contributed by atoms with E-state index < -0.39 is 5.60 Å². The van der Waals surface area contributed by atoms with Gasteiger partial charge in [-0.1, -0.05) is 25.4 Å². The second kappa shape index (κ2) is 5.37. The van der Waals surface area contributed by atoms with Gasteiger partial charge in [-0.25, -0.2) is 4.98 Å². The van der Waals surface area contributed by atoms with Crippen molar-refractivity contribution in [2.75, 3.05) is 17.6 Å². The predicted octanol–water partition coefficient (Wildman–Crippen LogP) is 2.28. The molecular weight excluding hydrogens is 226 g/mol. The normalized spacial score (nSPS) is 11.5. The molecule has 0 aliphatic heterocycles. The number of aromatic nitrogens is 1. The maximum atomic E-state index is 10.1. The summed E-state index contributed by atoms with van der Waals surface area (Å²) in [6, 6.07) is 1.63. The maximum absolute atomic E-state index is 10.1. The number of nitrogens with two attached hydrogens (primary N) is 1. The Kier molecular flexibility index (Phi) is 4.38. The van der Waals surface area contributed by atoms with Gasteiger partial charge in [0.2, 0.25) is 0 Å². The molecule has 0 aromatic carbocycles. The van der Waals surface area contributed by atoms with Crippen LogP contribution in [-0.2, 0) is 0 Å². The van der Waals surface area contributed by atoms with Crippen LogP contribution in [-0.4, -0.2) is 22.2 Å². The first-order valence-corrected chi connectivity index (χ1v) is 5.76. The topological polar surface area (TPSA) is 71.2 Å². The van der Waals surface area contributed by atoms with Gasteiger partial charge < -0.3 is 16.2 Å². The smallest absolute Gasteiger partial charge is 0.149 e. The molecule has 1 aromatic heterocycles. The SMILES string of the molecule is CCC(O)(CC)CNc1ncc(Cl)cc1N. The molecular formula is C11H18ClN3O. The van der Waals surface area contributed by atoms with Crippen LogP contribution in [0.15, 0.2) is 12.3 Å². The minimum Gasteiger partial charge on any atom is -0.396 e. The monoisotopic (exact) mass is 243 g/mol. The van der Waals surface area contributed by atoms with Crippen molar-refractivity contribution in [2.24, 2.45) is 0 Å². The Hall–Kier alpha value is -1.00. The number of hydrogen-bond acceptors (Lipinski definition) is 4. The first-order valence-electron chi connectivity index (χ1n) is 5.38. The summed E-state index contributed by atoms with van der Waals surface area (Å²) < 4.78 is 0. The largest absolute Gasteiger partial charge is 0.396 e. The molecule has 0 unspecified atom stereocenters. The van der Waals surface area contributed by atoms with Crippen LogP contribution in [0.25, 0.3) is 0 Å². The van der Waals surface area contributed by atoms with Crippen LogP contribution >= 0.6 is 11.6 Å². The Bertz CT molecular complexity index is 353. The van der Waals surface area contributed by atoms with Crippen molar-refractivity contribution in [1.82, 2.24) is 4.98 Å². The number of rotatable bonds is 5. The van der Waals surface area contributed by atoms with E-state index in [2.05, 4.69) is 10.3 Å². The highest BCUT2D eigenvalue weighted by atomic mass is 35.5. The van der Waals surface area contributed by atoms with Gasteiger partial charge in [0.1, 0.15) is 5.82 Å². The molecule has 90 valence electrons. The minimum atomic E-state index is -0.715. The Morgan fingerprint density at radius 1 is 1.50 bits per heavy atom. The van der Waals surface area contributed by atoms with Gasteiger partial charge in [0.25, 0.3) is 0 Å². The van der Waals surface area contributed by atoms with Crippen molar-refractivity contribution >= 4 is 23.1 Å². The molecule has 16 heavy (non-hydrogen) atoms. The lowest BCUT2D eigenvalue weighted by molar-refractivity contribution is 0.0456. The fourth-order valence-electron chi connectivity index (χ4n) is 1.35. The molecule has 0 fully saturated rings. The summed E-state index contributed by atoms with van der Waals surface area (Å²) in [5.41, 5.74) is 5.52. The Morgan fingerprint density at radius 3 is 2.62 bits per heavy atom. The fraction of sp³-hybridized carbons (Fsp3) is 0.545. The number of nitrogens with one attached hydrogen (secondary N) is 1. The van der Waals surface area contributed by atoms with Crippen LogP contribution in [0.5, 0.6) is 0 Å². The molecule has 0 bridgehead atoms. The molecule has 0 aliphatic carbocycles. The molecule has 4 N–H and O–H groups in total. The lowest BCUT2D eigenvalue weighted by Gasteiger charge is -2.25. The van der Waals surface area contributed by atoms with Crippen molar-refractivity contribution in [3.8, 4) is 0 Å². The summed E-state index contributed by atoms with van der Waals surface area (Å²) in [5, 5.41) is 13.6. The molecule has 0 spiro atoms. The summed E-state index contributed by atoms with van der Waals surface area (Å²) >= 11 is 5.74. The van der Waals surface area contributed by atoms with E-state index in [0.717, 1.165) is 0 Å². The molecule has 1 heterocycles. The molecule has 4 nitrogen and oxygen atoms in total. The summed E-state index contributed by atoms with van der Waals surface area (Å²) in [6.45, 7) is 4.33. The molecule has 1 aromatic rings. The van der Waals surface area contributed by atoms with Crippen molar-refractivity contribution in [1.29, 1.82) is 0 Å². The molecule has 0 saturated carbocycles. The number of aliphatic hydroxyl groups is 1. The van der Waals surface area contributed by atoms with Crippen LogP contribution in [0.3, 0.4) is 0 Å². The van der Waals surface area contributed by atoms with E-state index >= 15 is 0 Å². The number of hydrogen-bond donors (Lipinski definition) is 3. The Labute approximate surface area is 101 Å². The molecule has 0 amide bonds. The lowest BCUT2D eigenvalue weighted by Crippen LogP contribution is -2.35. The van der Waals surface area contributed by atoms with Crippen LogP contribution < -0.4 is 11.1 Å². The first-order chi connectivity index (χ1) is 7.50. The quantitative estimate of drug-likeness (QED) is 0.742. The Balaban J connectivity index is 2.67. The average Bonchev–Trinajstić information content (AvgIpc) is 2.27. The zero-order valence-corrected chi connectivity index (χ0v) is 10.4. The van der Waals surface area contributed by atoms with Crippen LogP contribution in [0.1, 0.15) is 26.7 Å². The highest BCUT2D eigenvalue weighted by Crippen LogP contribution is 2.21. The predicted molar refractivity (Wildman–Crippen MR) is 67.7 cm³/mol. The zero-order valence-electron chi connectivity index (χ0n) is 9.63. The van der Waals surface area contributed by atoms with E-state index in [-0.39, 0.29) is 0 Å². The second-order valence-electron chi connectivity index (χ2n) is 3.88. The summed E-state index contributed by atoms with van der Waals surface area (Å²) in [7, 11) is 0. The van der Waals surface area contributed by atoms with Gasteiger partial charge in [-0.05, 0) is 18.9 Å². The van der Waals surface area contributed by atoms with Gasteiger partial charge in [0.15, 0.2) is 0 Å². The zero-order chi connectivity index (χ0) is 12.2. The molecule has 0 atom stereocenters. The van der Waals surface area contributed by atoms with E-state index in [9.17, 15) is 5.11 Å². The molecule has 1 rings (SSSR count). The Morgan fingerprint density at radius 2 is 2.12 bits per heavy atom. The van der Waals surface area contributed by atoms with Gasteiger partial charge in [-0.3, -0.25) is 0 Å². The minimum absolute atomic E-state index is 0.429. The highest BCUT2D eigenvalue weighted by Gasteiger charge is 2.22. The van der Waals surface area contributed by atoms with Gasteiger partial charge >= 0.3 is 0 Å². The third kappa shape index (κ3) is 3.25. The number of nitrogens with zero attached hydrogens (tertiary/aromatic N) is 1. The molecule has 0 saturated heterocycles. The number of anilines is 2. The van der Waals surface area contributed by atoms with Gasteiger partial charge in [-0.2, -0.15) is 0 Å².